The molecule has 4 N–H and O–H groups in total. The summed E-state index contributed by atoms with van der Waals surface area (Å²) in [6, 6.07) is 7.32. The number of carbonyl (C=O) groups excluding carboxylic acids is 1. The molecule has 6 heteroatoms. The zero-order valence-corrected chi connectivity index (χ0v) is 15.2. The Kier molecular flexibility index (Phi) is 6.93. The first-order valence-electron chi connectivity index (χ1n) is 8.51. The molecule has 3 atom stereocenters. The van der Waals surface area contributed by atoms with E-state index in [0.717, 1.165) is 31.2 Å². The van der Waals surface area contributed by atoms with Gasteiger partial charge in [0.1, 0.15) is 0 Å². The Balaban J connectivity index is 0.00000208. The van der Waals surface area contributed by atoms with Crippen LogP contribution in [0.2, 0.25) is 5.02 Å². The van der Waals surface area contributed by atoms with Crippen molar-refractivity contribution >= 4 is 29.9 Å². The van der Waals surface area contributed by atoms with Crippen LogP contribution in [0.5, 0.6) is 0 Å². The largest absolute Gasteiger partial charge is 0.387 e. The lowest BCUT2D eigenvalue weighted by Crippen LogP contribution is -2.49. The highest BCUT2D eigenvalue weighted by atomic mass is 35.5. The maximum Gasteiger partial charge on any atom is 0.223 e. The van der Waals surface area contributed by atoms with Gasteiger partial charge in [-0.15, -0.1) is 12.4 Å². The first kappa shape index (κ1) is 19.5. The monoisotopic (exact) mass is 372 g/mol. The summed E-state index contributed by atoms with van der Waals surface area (Å²) in [5.41, 5.74) is 7.04. The summed E-state index contributed by atoms with van der Waals surface area (Å²) in [4.78, 5) is 12.4. The smallest absolute Gasteiger partial charge is 0.223 e. The minimum atomic E-state index is -0.707. The molecule has 0 saturated heterocycles. The van der Waals surface area contributed by atoms with E-state index in [1.807, 2.05) is 0 Å². The van der Waals surface area contributed by atoms with Gasteiger partial charge in [-0.05, 0) is 55.2 Å². The van der Waals surface area contributed by atoms with E-state index in [9.17, 15) is 9.90 Å². The predicted octanol–water partition coefficient (Wildman–Crippen LogP) is 3.07. The van der Waals surface area contributed by atoms with Gasteiger partial charge in [-0.2, -0.15) is 0 Å². The molecule has 0 aliphatic heterocycles. The average Bonchev–Trinajstić information content (AvgIpc) is 2.52. The zero-order chi connectivity index (χ0) is 16.4. The fourth-order valence-electron chi connectivity index (χ4n) is 4.15. The number of amides is 1. The van der Waals surface area contributed by atoms with Crippen LogP contribution < -0.4 is 11.1 Å². The molecule has 2 saturated carbocycles. The van der Waals surface area contributed by atoms with Crippen molar-refractivity contribution in [3.8, 4) is 0 Å². The Labute approximate surface area is 154 Å². The van der Waals surface area contributed by atoms with Crippen molar-refractivity contribution in [2.45, 2.75) is 44.2 Å². The molecule has 1 amide bonds. The highest BCUT2D eigenvalue weighted by molar-refractivity contribution is 6.30. The van der Waals surface area contributed by atoms with E-state index in [1.165, 1.54) is 6.42 Å². The third-order valence-electron chi connectivity index (χ3n) is 5.51. The van der Waals surface area contributed by atoms with Crippen LogP contribution in [0.15, 0.2) is 24.3 Å². The number of benzene rings is 1. The minimum absolute atomic E-state index is 0. The topological polar surface area (TPSA) is 75.4 Å². The van der Waals surface area contributed by atoms with Crippen LogP contribution in [-0.4, -0.2) is 23.6 Å². The van der Waals surface area contributed by atoms with Gasteiger partial charge >= 0.3 is 0 Å². The molecule has 3 rings (SSSR count). The third kappa shape index (κ3) is 4.42. The summed E-state index contributed by atoms with van der Waals surface area (Å²) in [6.07, 6.45) is 4.61. The van der Waals surface area contributed by atoms with E-state index < -0.39 is 6.10 Å². The minimum Gasteiger partial charge on any atom is -0.387 e. The zero-order valence-electron chi connectivity index (χ0n) is 13.7. The molecule has 0 aromatic heterocycles. The van der Waals surface area contributed by atoms with Gasteiger partial charge in [-0.3, -0.25) is 4.79 Å². The number of aliphatic hydroxyl groups excluding tert-OH is 1. The van der Waals surface area contributed by atoms with Crippen LogP contribution >= 0.6 is 24.0 Å². The molecule has 24 heavy (non-hydrogen) atoms. The van der Waals surface area contributed by atoms with Gasteiger partial charge in [-0.25, -0.2) is 0 Å². The third-order valence-corrected chi connectivity index (χ3v) is 5.76. The lowest BCUT2D eigenvalue weighted by atomic mass is 9.65. The molecular formula is C18H26Cl2N2O2. The van der Waals surface area contributed by atoms with Crippen LogP contribution in [-0.2, 0) is 4.79 Å². The first-order chi connectivity index (χ1) is 11.0. The molecule has 0 spiro atoms. The number of nitrogens with two attached hydrogens (primary N) is 1. The van der Waals surface area contributed by atoms with Crippen molar-refractivity contribution in [3.05, 3.63) is 34.9 Å². The summed E-state index contributed by atoms with van der Waals surface area (Å²) in [5, 5.41) is 13.7. The van der Waals surface area contributed by atoms with Crippen molar-refractivity contribution in [3.63, 3.8) is 0 Å². The molecule has 2 aliphatic carbocycles. The van der Waals surface area contributed by atoms with Crippen molar-refractivity contribution in [1.82, 2.24) is 5.32 Å². The van der Waals surface area contributed by atoms with Crippen molar-refractivity contribution in [2.75, 3.05) is 6.54 Å². The summed E-state index contributed by atoms with van der Waals surface area (Å²) in [6.45, 7) is 0.234. The summed E-state index contributed by atoms with van der Waals surface area (Å²) >= 11 is 5.84. The lowest BCUT2D eigenvalue weighted by molar-refractivity contribution is -0.128. The molecule has 2 aliphatic rings. The highest BCUT2D eigenvalue weighted by Gasteiger charge is 2.40. The second kappa shape index (κ2) is 8.52. The second-order valence-corrected chi connectivity index (χ2v) is 7.45. The standard InChI is InChI=1S/C18H25ClN2O2.ClH/c19-15-6-4-11(5-7-15)16(22)10-21-18(23)14-8-12-2-1-3-13(9-14)17(12)20;/h4-7,12-14,16-17,22H,1-3,8-10,20H2,(H,21,23);1H. The Hall–Kier alpha value is -0.810. The Morgan fingerprint density at radius 3 is 2.42 bits per heavy atom. The van der Waals surface area contributed by atoms with E-state index >= 15 is 0 Å². The highest BCUT2D eigenvalue weighted by Crippen LogP contribution is 2.41. The molecule has 134 valence electrons. The molecule has 2 fully saturated rings. The quantitative estimate of drug-likeness (QED) is 0.759. The van der Waals surface area contributed by atoms with Gasteiger partial charge < -0.3 is 16.2 Å². The van der Waals surface area contributed by atoms with Crippen molar-refractivity contribution in [1.29, 1.82) is 0 Å². The van der Waals surface area contributed by atoms with Crippen LogP contribution in [0.1, 0.15) is 43.8 Å². The Morgan fingerprint density at radius 1 is 1.25 bits per heavy atom. The number of carbonyl (C=O) groups is 1. The van der Waals surface area contributed by atoms with Gasteiger partial charge in [0, 0.05) is 23.5 Å². The van der Waals surface area contributed by atoms with E-state index in [0.29, 0.717) is 16.9 Å². The predicted molar refractivity (Wildman–Crippen MR) is 98.2 cm³/mol. The normalized spacial score (nSPS) is 30.1. The van der Waals surface area contributed by atoms with Crippen LogP contribution in [0, 0.1) is 17.8 Å². The fourth-order valence-corrected chi connectivity index (χ4v) is 4.27. The first-order valence-corrected chi connectivity index (χ1v) is 8.89. The van der Waals surface area contributed by atoms with Gasteiger partial charge in [-0.1, -0.05) is 30.2 Å². The van der Waals surface area contributed by atoms with Crippen LogP contribution in [0.25, 0.3) is 0 Å². The summed E-state index contributed by atoms with van der Waals surface area (Å²) in [7, 11) is 0. The SMILES string of the molecule is Cl.NC1C2CCCC1CC(C(=O)NCC(O)c1ccc(Cl)cc1)C2. The van der Waals surface area contributed by atoms with E-state index in [4.69, 9.17) is 17.3 Å². The number of fused-ring (bicyclic) bond motifs is 2. The summed E-state index contributed by atoms with van der Waals surface area (Å²) in [5.74, 6) is 1.07. The van der Waals surface area contributed by atoms with E-state index in [2.05, 4.69) is 5.32 Å². The number of halogens is 2. The molecule has 1 aromatic rings. The molecule has 0 radical (unpaired) electrons. The molecule has 0 heterocycles. The van der Waals surface area contributed by atoms with Crippen molar-refractivity contribution < 1.29 is 9.90 Å². The lowest BCUT2D eigenvalue weighted by Gasteiger charge is -2.43. The molecule has 1 aromatic carbocycles. The number of nitrogens with one attached hydrogen (secondary N) is 1. The number of rotatable bonds is 4. The van der Waals surface area contributed by atoms with Gasteiger partial charge in [0.2, 0.25) is 5.91 Å². The summed E-state index contributed by atoms with van der Waals surface area (Å²) < 4.78 is 0. The van der Waals surface area contributed by atoms with E-state index in [-0.39, 0.29) is 36.8 Å². The maximum absolute atomic E-state index is 12.4. The molecule has 2 bridgehead atoms. The fraction of sp³-hybridized carbons (Fsp3) is 0.611. The average molecular weight is 373 g/mol. The van der Waals surface area contributed by atoms with Gasteiger partial charge in [0.15, 0.2) is 0 Å². The van der Waals surface area contributed by atoms with Gasteiger partial charge in [0.05, 0.1) is 6.10 Å². The second-order valence-electron chi connectivity index (χ2n) is 7.01. The van der Waals surface area contributed by atoms with E-state index in [1.54, 1.807) is 24.3 Å². The van der Waals surface area contributed by atoms with Gasteiger partial charge in [0.25, 0.3) is 0 Å². The van der Waals surface area contributed by atoms with Crippen LogP contribution in [0.4, 0.5) is 0 Å². The number of hydrogen-bond acceptors (Lipinski definition) is 3. The maximum atomic E-state index is 12.4. The van der Waals surface area contributed by atoms with Crippen molar-refractivity contribution in [2.24, 2.45) is 23.5 Å². The van der Waals surface area contributed by atoms with Crippen LogP contribution in [0.3, 0.4) is 0 Å². The number of hydrogen-bond donors (Lipinski definition) is 3. The molecule has 4 nitrogen and oxygen atoms in total. The Bertz CT molecular complexity index is 538. The molecular weight excluding hydrogens is 347 g/mol. The Morgan fingerprint density at radius 2 is 1.83 bits per heavy atom. The molecule has 3 unspecified atom stereocenters. The number of aliphatic hydroxyl groups is 1.